The van der Waals surface area contributed by atoms with Gasteiger partial charge in [0, 0.05) is 18.8 Å². The fourth-order valence-corrected chi connectivity index (χ4v) is 2.75. The molecule has 0 aliphatic carbocycles. The van der Waals surface area contributed by atoms with Gasteiger partial charge in [-0.2, -0.15) is 0 Å². The van der Waals surface area contributed by atoms with Crippen molar-refractivity contribution < 1.29 is 4.74 Å². The number of hydrogen-bond donors (Lipinski definition) is 1. The first kappa shape index (κ1) is 14.2. The number of pyridine rings is 1. The molecule has 19 heavy (non-hydrogen) atoms. The zero-order valence-electron chi connectivity index (χ0n) is 11.9. The summed E-state index contributed by atoms with van der Waals surface area (Å²) < 4.78 is 5.92. The molecule has 1 aliphatic rings. The number of morpholine rings is 1. The summed E-state index contributed by atoms with van der Waals surface area (Å²) >= 11 is 5.13. The molecule has 0 aromatic carbocycles. The number of thiocarbonyl (C=S) groups is 1. The predicted molar refractivity (Wildman–Crippen MR) is 81.7 cm³/mol. The van der Waals surface area contributed by atoms with Crippen LogP contribution in [0, 0.1) is 6.92 Å². The first-order valence-corrected chi connectivity index (χ1v) is 6.89. The first-order valence-electron chi connectivity index (χ1n) is 6.49. The Morgan fingerprint density at radius 3 is 2.79 bits per heavy atom. The standard InChI is InChI=1S/C14H21N3OS/c1-9-5-6-11(12(15)19)13(16-9)17-7-10(2)18-14(3,4)8-17/h5-6,10H,7-8H2,1-4H3,(H2,15,19). The maximum Gasteiger partial charge on any atom is 0.139 e. The summed E-state index contributed by atoms with van der Waals surface area (Å²) in [7, 11) is 0. The summed E-state index contributed by atoms with van der Waals surface area (Å²) in [5, 5.41) is 0. The van der Waals surface area contributed by atoms with E-state index in [1.165, 1.54) is 0 Å². The molecule has 1 aromatic rings. The largest absolute Gasteiger partial charge is 0.389 e. The Labute approximate surface area is 120 Å². The van der Waals surface area contributed by atoms with Crippen LogP contribution in [0.3, 0.4) is 0 Å². The van der Waals surface area contributed by atoms with E-state index in [1.807, 2.05) is 19.1 Å². The number of nitrogens with two attached hydrogens (primary N) is 1. The molecule has 2 rings (SSSR count). The monoisotopic (exact) mass is 279 g/mol. The molecule has 1 atom stereocenters. The average molecular weight is 279 g/mol. The molecular formula is C14H21N3OS. The topological polar surface area (TPSA) is 51.4 Å². The van der Waals surface area contributed by atoms with Crippen LogP contribution >= 0.6 is 12.2 Å². The van der Waals surface area contributed by atoms with Crippen LogP contribution in [0.5, 0.6) is 0 Å². The third-order valence-corrected chi connectivity index (χ3v) is 3.37. The second-order valence-corrected chi connectivity index (χ2v) is 6.20. The molecule has 0 radical (unpaired) electrons. The SMILES string of the molecule is Cc1ccc(C(N)=S)c(N2CC(C)OC(C)(C)C2)n1. The molecule has 1 aromatic heterocycles. The van der Waals surface area contributed by atoms with E-state index in [4.69, 9.17) is 22.7 Å². The van der Waals surface area contributed by atoms with E-state index < -0.39 is 0 Å². The van der Waals surface area contributed by atoms with Crippen molar-refractivity contribution in [2.24, 2.45) is 5.73 Å². The maximum atomic E-state index is 5.92. The molecule has 1 aliphatic heterocycles. The molecule has 2 heterocycles. The number of ether oxygens (including phenoxy) is 1. The van der Waals surface area contributed by atoms with Crippen LogP contribution < -0.4 is 10.6 Å². The minimum atomic E-state index is -0.198. The van der Waals surface area contributed by atoms with Crippen molar-refractivity contribution in [1.82, 2.24) is 4.98 Å². The summed E-state index contributed by atoms with van der Waals surface area (Å²) in [6, 6.07) is 3.89. The number of anilines is 1. The molecule has 5 heteroatoms. The summed E-state index contributed by atoms with van der Waals surface area (Å²) in [6.45, 7) is 9.81. The van der Waals surface area contributed by atoms with Gasteiger partial charge in [-0.1, -0.05) is 12.2 Å². The van der Waals surface area contributed by atoms with Crippen molar-refractivity contribution in [3.63, 3.8) is 0 Å². The Balaban J connectivity index is 2.40. The van der Waals surface area contributed by atoms with E-state index in [1.54, 1.807) is 0 Å². The lowest BCUT2D eigenvalue weighted by Gasteiger charge is -2.42. The Morgan fingerprint density at radius 2 is 2.21 bits per heavy atom. The van der Waals surface area contributed by atoms with Crippen LogP contribution in [-0.4, -0.2) is 34.8 Å². The molecule has 1 saturated heterocycles. The molecule has 1 unspecified atom stereocenters. The van der Waals surface area contributed by atoms with Gasteiger partial charge in [0.25, 0.3) is 0 Å². The highest BCUT2D eigenvalue weighted by molar-refractivity contribution is 7.80. The van der Waals surface area contributed by atoms with E-state index in [-0.39, 0.29) is 11.7 Å². The molecule has 0 spiro atoms. The van der Waals surface area contributed by atoms with Gasteiger partial charge in [-0.05, 0) is 39.8 Å². The minimum Gasteiger partial charge on any atom is -0.389 e. The smallest absolute Gasteiger partial charge is 0.139 e. The normalized spacial score (nSPS) is 22.3. The van der Waals surface area contributed by atoms with Crippen LogP contribution in [0.25, 0.3) is 0 Å². The van der Waals surface area contributed by atoms with Crippen LogP contribution in [0.15, 0.2) is 12.1 Å². The molecule has 0 bridgehead atoms. The lowest BCUT2D eigenvalue weighted by molar-refractivity contribution is -0.0751. The fraction of sp³-hybridized carbons (Fsp3) is 0.571. The number of rotatable bonds is 2. The van der Waals surface area contributed by atoms with Crippen molar-refractivity contribution >= 4 is 23.0 Å². The summed E-state index contributed by atoms with van der Waals surface area (Å²) in [4.78, 5) is 7.23. The molecule has 2 N–H and O–H groups in total. The van der Waals surface area contributed by atoms with Gasteiger partial charge in [-0.15, -0.1) is 0 Å². The van der Waals surface area contributed by atoms with E-state index >= 15 is 0 Å². The van der Waals surface area contributed by atoms with Gasteiger partial charge in [-0.3, -0.25) is 0 Å². The lowest BCUT2D eigenvalue weighted by atomic mass is 10.0. The van der Waals surface area contributed by atoms with Crippen LogP contribution in [0.4, 0.5) is 5.82 Å². The van der Waals surface area contributed by atoms with Gasteiger partial charge in [-0.25, -0.2) is 4.98 Å². The van der Waals surface area contributed by atoms with Crippen molar-refractivity contribution in [3.05, 3.63) is 23.4 Å². The molecular weight excluding hydrogens is 258 g/mol. The second kappa shape index (κ2) is 5.06. The third-order valence-electron chi connectivity index (χ3n) is 3.15. The Bertz CT molecular complexity index is 501. The summed E-state index contributed by atoms with van der Waals surface area (Å²) in [5.41, 5.74) is 7.41. The van der Waals surface area contributed by atoms with Gasteiger partial charge in [0.05, 0.1) is 17.3 Å². The molecule has 0 saturated carbocycles. The van der Waals surface area contributed by atoms with Crippen molar-refractivity contribution in [1.29, 1.82) is 0 Å². The molecule has 4 nitrogen and oxygen atoms in total. The number of hydrogen-bond acceptors (Lipinski definition) is 4. The van der Waals surface area contributed by atoms with Crippen LogP contribution in [-0.2, 0) is 4.74 Å². The Kier molecular flexibility index (Phi) is 3.78. The van der Waals surface area contributed by atoms with Gasteiger partial charge < -0.3 is 15.4 Å². The highest BCUT2D eigenvalue weighted by Gasteiger charge is 2.33. The average Bonchev–Trinajstić information content (AvgIpc) is 2.25. The molecule has 0 amide bonds. The first-order chi connectivity index (χ1) is 8.78. The second-order valence-electron chi connectivity index (χ2n) is 5.76. The van der Waals surface area contributed by atoms with Gasteiger partial charge in [0.1, 0.15) is 10.8 Å². The summed E-state index contributed by atoms with van der Waals surface area (Å²) in [5.74, 6) is 0.871. The van der Waals surface area contributed by atoms with E-state index in [0.29, 0.717) is 4.99 Å². The molecule has 1 fully saturated rings. The minimum absolute atomic E-state index is 0.158. The molecule has 104 valence electrons. The van der Waals surface area contributed by atoms with Crippen molar-refractivity contribution in [2.75, 3.05) is 18.0 Å². The van der Waals surface area contributed by atoms with Crippen molar-refractivity contribution in [3.8, 4) is 0 Å². The number of aromatic nitrogens is 1. The van der Waals surface area contributed by atoms with Gasteiger partial charge in [0.15, 0.2) is 0 Å². The van der Waals surface area contributed by atoms with E-state index in [0.717, 1.165) is 30.2 Å². The van der Waals surface area contributed by atoms with Gasteiger partial charge in [0.2, 0.25) is 0 Å². The van der Waals surface area contributed by atoms with Crippen LogP contribution in [0.1, 0.15) is 32.0 Å². The van der Waals surface area contributed by atoms with E-state index in [2.05, 4.69) is 30.7 Å². The summed E-state index contributed by atoms with van der Waals surface area (Å²) in [6.07, 6.45) is 0.158. The number of nitrogens with zero attached hydrogens (tertiary/aromatic N) is 2. The number of aryl methyl sites for hydroxylation is 1. The van der Waals surface area contributed by atoms with E-state index in [9.17, 15) is 0 Å². The Hall–Kier alpha value is -1.20. The van der Waals surface area contributed by atoms with Crippen LogP contribution in [0.2, 0.25) is 0 Å². The Morgan fingerprint density at radius 1 is 1.53 bits per heavy atom. The van der Waals surface area contributed by atoms with Crippen molar-refractivity contribution in [2.45, 2.75) is 39.4 Å². The third kappa shape index (κ3) is 3.22. The fourth-order valence-electron chi connectivity index (χ4n) is 2.59. The lowest BCUT2D eigenvalue weighted by Crippen LogP contribution is -2.52. The quantitative estimate of drug-likeness (QED) is 0.840. The highest BCUT2D eigenvalue weighted by atomic mass is 32.1. The zero-order valence-corrected chi connectivity index (χ0v) is 12.8. The predicted octanol–water partition coefficient (Wildman–Crippen LogP) is 2.03. The van der Waals surface area contributed by atoms with Gasteiger partial charge >= 0.3 is 0 Å². The highest BCUT2D eigenvalue weighted by Crippen LogP contribution is 2.27. The zero-order chi connectivity index (χ0) is 14.2. The maximum absolute atomic E-state index is 5.92.